The van der Waals surface area contributed by atoms with Crippen LogP contribution in [0.4, 0.5) is 0 Å². The Bertz CT molecular complexity index is 272. The number of imide groups is 1. The van der Waals surface area contributed by atoms with Crippen molar-refractivity contribution in [3.8, 4) is 0 Å². The molecule has 2 aliphatic heterocycles. The zero-order valence-electron chi connectivity index (χ0n) is 9.21. The molecule has 2 rings (SSSR count). The topological polar surface area (TPSA) is 55.4 Å². The largest absolute Gasteiger partial charge is 0.376 e. The number of hydrogen-bond donors (Lipinski definition) is 1. The van der Waals surface area contributed by atoms with Crippen molar-refractivity contribution in [1.82, 2.24) is 5.32 Å². The Kier molecular flexibility index (Phi) is 2.54. The van der Waals surface area contributed by atoms with Gasteiger partial charge in [0.15, 0.2) is 0 Å². The van der Waals surface area contributed by atoms with Crippen LogP contribution in [0.1, 0.15) is 39.5 Å². The second-order valence-electron chi connectivity index (χ2n) is 4.99. The van der Waals surface area contributed by atoms with Gasteiger partial charge in [0.1, 0.15) is 0 Å². The van der Waals surface area contributed by atoms with Crippen molar-refractivity contribution in [3.63, 3.8) is 0 Å². The molecule has 15 heavy (non-hydrogen) atoms. The summed E-state index contributed by atoms with van der Waals surface area (Å²) in [6.45, 7) is 4.02. The molecule has 0 aromatic heterocycles. The van der Waals surface area contributed by atoms with E-state index in [-0.39, 0.29) is 29.4 Å². The van der Waals surface area contributed by atoms with Crippen LogP contribution < -0.4 is 5.32 Å². The van der Waals surface area contributed by atoms with Gasteiger partial charge in [0.2, 0.25) is 11.8 Å². The minimum Gasteiger partial charge on any atom is -0.376 e. The summed E-state index contributed by atoms with van der Waals surface area (Å²) in [4.78, 5) is 22.8. The lowest BCUT2D eigenvalue weighted by Crippen LogP contribution is -2.49. The highest BCUT2D eigenvalue weighted by atomic mass is 16.5. The zero-order chi connectivity index (χ0) is 11.1. The van der Waals surface area contributed by atoms with Crippen LogP contribution in [0.25, 0.3) is 0 Å². The molecule has 1 N–H and O–H groups in total. The number of carbonyl (C=O) groups is 2. The smallest absolute Gasteiger partial charge is 0.227 e. The van der Waals surface area contributed by atoms with Crippen molar-refractivity contribution in [2.75, 3.05) is 0 Å². The first-order valence-electron chi connectivity index (χ1n) is 5.47. The quantitative estimate of drug-likeness (QED) is 0.608. The highest BCUT2D eigenvalue weighted by molar-refractivity contribution is 5.98. The summed E-state index contributed by atoms with van der Waals surface area (Å²) in [5.74, 6) is -0.264. The molecule has 0 aromatic rings. The second-order valence-corrected chi connectivity index (χ2v) is 4.99. The molecule has 2 fully saturated rings. The van der Waals surface area contributed by atoms with E-state index in [0.717, 1.165) is 12.8 Å². The van der Waals surface area contributed by atoms with Crippen LogP contribution in [-0.2, 0) is 14.3 Å². The molecule has 2 amide bonds. The van der Waals surface area contributed by atoms with Crippen LogP contribution in [0.2, 0.25) is 0 Å². The molecule has 0 aromatic carbocycles. The molecule has 2 saturated heterocycles. The third-order valence-corrected chi connectivity index (χ3v) is 3.26. The second kappa shape index (κ2) is 3.59. The van der Waals surface area contributed by atoms with Crippen LogP contribution in [-0.4, -0.2) is 24.0 Å². The van der Waals surface area contributed by atoms with E-state index in [1.54, 1.807) is 0 Å². The van der Waals surface area contributed by atoms with Crippen LogP contribution in [0.3, 0.4) is 0 Å². The number of carbonyl (C=O) groups excluding carboxylic acids is 2. The van der Waals surface area contributed by atoms with E-state index in [2.05, 4.69) is 5.32 Å². The van der Waals surface area contributed by atoms with Crippen molar-refractivity contribution < 1.29 is 14.3 Å². The predicted octanol–water partition coefficient (Wildman–Crippen LogP) is 0.997. The molecule has 2 aliphatic rings. The van der Waals surface area contributed by atoms with Crippen molar-refractivity contribution >= 4 is 11.8 Å². The first-order valence-corrected chi connectivity index (χ1v) is 5.47. The Morgan fingerprint density at radius 2 is 1.60 bits per heavy atom. The number of rotatable bonds is 0. The van der Waals surface area contributed by atoms with Gasteiger partial charge in [-0.15, -0.1) is 0 Å². The van der Waals surface area contributed by atoms with E-state index >= 15 is 0 Å². The van der Waals surface area contributed by atoms with E-state index in [1.165, 1.54) is 0 Å². The SMILES string of the molecule is CC1CC2(CC(=O)NC(=O)C2)CC(C)O1. The van der Waals surface area contributed by atoms with Crippen LogP contribution >= 0.6 is 0 Å². The summed E-state index contributed by atoms with van der Waals surface area (Å²) in [7, 11) is 0. The fraction of sp³-hybridized carbons (Fsp3) is 0.818. The van der Waals surface area contributed by atoms with Crippen LogP contribution in [0.5, 0.6) is 0 Å². The molecule has 84 valence electrons. The fourth-order valence-corrected chi connectivity index (χ4v) is 3.07. The van der Waals surface area contributed by atoms with Gasteiger partial charge in [0.05, 0.1) is 12.2 Å². The molecule has 0 bridgehead atoms. The van der Waals surface area contributed by atoms with E-state index in [4.69, 9.17) is 4.74 Å². The number of amides is 2. The Labute approximate surface area is 89.4 Å². The first-order chi connectivity index (χ1) is 6.99. The van der Waals surface area contributed by atoms with Gasteiger partial charge in [-0.2, -0.15) is 0 Å². The van der Waals surface area contributed by atoms with E-state index in [1.807, 2.05) is 13.8 Å². The van der Waals surface area contributed by atoms with Gasteiger partial charge in [-0.3, -0.25) is 14.9 Å². The normalized spacial score (nSPS) is 35.3. The molecule has 0 radical (unpaired) electrons. The Hall–Kier alpha value is -0.900. The van der Waals surface area contributed by atoms with Gasteiger partial charge in [-0.1, -0.05) is 0 Å². The lowest BCUT2D eigenvalue weighted by Gasteiger charge is -2.44. The minimum atomic E-state index is -0.142. The number of piperidine rings is 1. The molecule has 1 spiro atoms. The first kappa shape index (κ1) is 10.6. The van der Waals surface area contributed by atoms with Crippen molar-refractivity contribution in [3.05, 3.63) is 0 Å². The fourth-order valence-electron chi connectivity index (χ4n) is 3.07. The maximum atomic E-state index is 11.4. The molecule has 0 aliphatic carbocycles. The maximum Gasteiger partial charge on any atom is 0.227 e. The summed E-state index contributed by atoms with van der Waals surface area (Å²) < 4.78 is 5.64. The summed E-state index contributed by atoms with van der Waals surface area (Å²) in [6.07, 6.45) is 2.86. The third kappa shape index (κ3) is 2.20. The van der Waals surface area contributed by atoms with Gasteiger partial charge in [0, 0.05) is 12.8 Å². The predicted molar refractivity (Wildman–Crippen MR) is 54.1 cm³/mol. The maximum absolute atomic E-state index is 11.4. The lowest BCUT2D eigenvalue weighted by molar-refractivity contribution is -0.147. The Morgan fingerprint density at radius 1 is 1.13 bits per heavy atom. The highest BCUT2D eigenvalue weighted by Gasteiger charge is 2.44. The standard InChI is InChI=1S/C11H17NO3/c1-7-3-11(4-8(2)15-7)5-9(13)12-10(14)6-11/h7-8H,3-6H2,1-2H3,(H,12,13,14). The molecule has 0 saturated carbocycles. The number of hydrogen-bond acceptors (Lipinski definition) is 3. The highest BCUT2D eigenvalue weighted by Crippen LogP contribution is 2.43. The van der Waals surface area contributed by atoms with E-state index in [9.17, 15) is 9.59 Å². The summed E-state index contributed by atoms with van der Waals surface area (Å²) in [5, 5.41) is 2.36. The summed E-state index contributed by atoms with van der Waals surface area (Å²) >= 11 is 0. The van der Waals surface area contributed by atoms with Gasteiger partial charge in [0.25, 0.3) is 0 Å². The van der Waals surface area contributed by atoms with E-state index < -0.39 is 0 Å². The van der Waals surface area contributed by atoms with Crippen molar-refractivity contribution in [1.29, 1.82) is 0 Å². The summed E-state index contributed by atoms with van der Waals surface area (Å²) in [6, 6.07) is 0. The number of nitrogens with one attached hydrogen (secondary N) is 1. The molecular formula is C11H17NO3. The average molecular weight is 211 g/mol. The van der Waals surface area contributed by atoms with Gasteiger partial charge in [-0.05, 0) is 32.1 Å². The van der Waals surface area contributed by atoms with Crippen molar-refractivity contribution in [2.24, 2.45) is 5.41 Å². The monoisotopic (exact) mass is 211 g/mol. The molecule has 2 unspecified atom stereocenters. The van der Waals surface area contributed by atoms with Gasteiger partial charge < -0.3 is 4.74 Å². The van der Waals surface area contributed by atoms with Crippen LogP contribution in [0.15, 0.2) is 0 Å². The molecular weight excluding hydrogens is 194 g/mol. The van der Waals surface area contributed by atoms with Gasteiger partial charge in [-0.25, -0.2) is 0 Å². The zero-order valence-corrected chi connectivity index (χ0v) is 9.21. The summed E-state index contributed by atoms with van der Waals surface area (Å²) in [5.41, 5.74) is -0.142. The molecule has 4 nitrogen and oxygen atoms in total. The molecule has 4 heteroatoms. The average Bonchev–Trinajstić information content (AvgIpc) is 1.96. The number of ether oxygens (including phenoxy) is 1. The Balaban J connectivity index is 2.16. The minimum absolute atomic E-state index is 0.132. The molecule has 2 atom stereocenters. The third-order valence-electron chi connectivity index (χ3n) is 3.26. The molecule has 2 heterocycles. The van der Waals surface area contributed by atoms with E-state index in [0.29, 0.717) is 12.8 Å². The van der Waals surface area contributed by atoms with Crippen LogP contribution in [0, 0.1) is 5.41 Å². The van der Waals surface area contributed by atoms with Crippen molar-refractivity contribution in [2.45, 2.75) is 51.7 Å². The van der Waals surface area contributed by atoms with Gasteiger partial charge >= 0.3 is 0 Å². The Morgan fingerprint density at radius 3 is 2.07 bits per heavy atom. The lowest BCUT2D eigenvalue weighted by atomic mass is 9.69.